The van der Waals surface area contributed by atoms with Gasteiger partial charge in [0.15, 0.2) is 5.82 Å². The summed E-state index contributed by atoms with van der Waals surface area (Å²) in [6.45, 7) is 3.39. The second-order valence-electron chi connectivity index (χ2n) is 10.00. The molecule has 0 bridgehead atoms. The largest absolute Gasteiger partial charge is 0.573 e. The zero-order chi connectivity index (χ0) is 26.8. The molecule has 1 saturated carbocycles. The van der Waals surface area contributed by atoms with Gasteiger partial charge in [-0.1, -0.05) is 0 Å². The highest BCUT2D eigenvalue weighted by molar-refractivity contribution is 5.64. The summed E-state index contributed by atoms with van der Waals surface area (Å²) in [5, 5.41) is 16.0. The van der Waals surface area contributed by atoms with E-state index in [1.807, 2.05) is 6.07 Å². The summed E-state index contributed by atoms with van der Waals surface area (Å²) in [4.78, 5) is 19.9. The minimum atomic E-state index is -4.80. The van der Waals surface area contributed by atoms with E-state index in [0.717, 1.165) is 62.6 Å². The fourth-order valence-electron chi connectivity index (χ4n) is 5.45. The van der Waals surface area contributed by atoms with Gasteiger partial charge in [-0.3, -0.25) is 10.3 Å². The van der Waals surface area contributed by atoms with Crippen molar-refractivity contribution in [3.63, 3.8) is 0 Å². The fourth-order valence-corrected chi connectivity index (χ4v) is 5.45. The SMILES string of the molecule is CC(O)NC1CCC2(CCN(c3cc(Nc4cc(OC(F)(F)F)ccn4)nc(-c4cccnc4)n3)CC2)C1. The van der Waals surface area contributed by atoms with Crippen molar-refractivity contribution >= 4 is 17.5 Å². The Labute approximate surface area is 218 Å². The predicted octanol–water partition coefficient (Wildman–Crippen LogP) is 4.64. The number of hydrogen-bond donors (Lipinski definition) is 3. The number of aliphatic hydroxyl groups excluding tert-OH is 1. The molecule has 1 saturated heterocycles. The smallest absolute Gasteiger partial charge is 0.406 e. The Kier molecular flexibility index (Phi) is 7.35. The molecule has 1 aliphatic carbocycles. The van der Waals surface area contributed by atoms with Crippen LogP contribution in [0.1, 0.15) is 39.0 Å². The van der Waals surface area contributed by atoms with Crippen molar-refractivity contribution in [3.8, 4) is 17.1 Å². The van der Waals surface area contributed by atoms with Gasteiger partial charge in [-0.05, 0) is 62.6 Å². The molecule has 2 atom stereocenters. The maximum atomic E-state index is 12.7. The van der Waals surface area contributed by atoms with E-state index >= 15 is 0 Å². The summed E-state index contributed by atoms with van der Waals surface area (Å²) in [6, 6.07) is 8.06. The summed E-state index contributed by atoms with van der Waals surface area (Å²) in [5.74, 6) is 1.35. The van der Waals surface area contributed by atoms with Crippen molar-refractivity contribution in [2.24, 2.45) is 5.41 Å². The van der Waals surface area contributed by atoms with Gasteiger partial charge in [0.1, 0.15) is 29.4 Å². The van der Waals surface area contributed by atoms with Crippen molar-refractivity contribution in [1.82, 2.24) is 25.3 Å². The zero-order valence-electron chi connectivity index (χ0n) is 20.9. The molecule has 2 fully saturated rings. The molecule has 1 spiro atoms. The third-order valence-electron chi connectivity index (χ3n) is 7.18. The molecule has 4 heterocycles. The van der Waals surface area contributed by atoms with Crippen LogP contribution in [0.25, 0.3) is 11.4 Å². The molecule has 3 aromatic rings. The number of nitrogens with one attached hydrogen (secondary N) is 2. The Morgan fingerprint density at radius 3 is 2.63 bits per heavy atom. The van der Waals surface area contributed by atoms with Crippen LogP contribution in [0, 0.1) is 5.41 Å². The third kappa shape index (κ3) is 6.48. The second-order valence-corrected chi connectivity index (χ2v) is 10.00. The van der Waals surface area contributed by atoms with Gasteiger partial charge in [-0.2, -0.15) is 0 Å². The maximum absolute atomic E-state index is 12.7. The molecular formula is C26H30F3N7O2. The maximum Gasteiger partial charge on any atom is 0.573 e. The lowest BCUT2D eigenvalue weighted by Crippen LogP contribution is -2.41. The lowest BCUT2D eigenvalue weighted by atomic mass is 9.77. The topological polar surface area (TPSA) is 108 Å². The van der Waals surface area contributed by atoms with Crippen molar-refractivity contribution in [1.29, 1.82) is 0 Å². The van der Waals surface area contributed by atoms with Crippen LogP contribution in [0.5, 0.6) is 5.75 Å². The fraction of sp³-hybridized carbons (Fsp3) is 0.462. The van der Waals surface area contributed by atoms with Gasteiger partial charge < -0.3 is 20.1 Å². The van der Waals surface area contributed by atoms with Crippen LogP contribution in [-0.2, 0) is 0 Å². The number of nitrogens with zero attached hydrogens (tertiary/aromatic N) is 5. The van der Waals surface area contributed by atoms with Gasteiger partial charge in [-0.25, -0.2) is 15.0 Å². The van der Waals surface area contributed by atoms with Crippen LogP contribution in [0.15, 0.2) is 48.9 Å². The number of rotatable bonds is 7. The Morgan fingerprint density at radius 1 is 1.11 bits per heavy atom. The zero-order valence-corrected chi connectivity index (χ0v) is 20.9. The number of alkyl halides is 3. The monoisotopic (exact) mass is 529 g/mol. The van der Waals surface area contributed by atoms with E-state index in [1.165, 1.54) is 12.3 Å². The molecule has 202 valence electrons. The van der Waals surface area contributed by atoms with Crippen LogP contribution in [0.2, 0.25) is 0 Å². The predicted molar refractivity (Wildman–Crippen MR) is 136 cm³/mol. The molecule has 2 unspecified atom stereocenters. The average Bonchev–Trinajstić information content (AvgIpc) is 3.25. The van der Waals surface area contributed by atoms with Gasteiger partial charge in [0.25, 0.3) is 0 Å². The Hall–Kier alpha value is -3.51. The summed E-state index contributed by atoms with van der Waals surface area (Å²) in [6.07, 6.45) is 4.51. The molecule has 9 nitrogen and oxygen atoms in total. The van der Waals surface area contributed by atoms with Crippen LogP contribution in [0.3, 0.4) is 0 Å². The molecule has 1 aliphatic heterocycles. The first-order valence-electron chi connectivity index (χ1n) is 12.6. The first kappa shape index (κ1) is 26.1. The minimum Gasteiger partial charge on any atom is -0.406 e. The number of halogens is 3. The van der Waals surface area contributed by atoms with Gasteiger partial charge in [0, 0.05) is 55.4 Å². The van der Waals surface area contributed by atoms with Crippen LogP contribution < -0.4 is 20.3 Å². The summed E-state index contributed by atoms with van der Waals surface area (Å²) in [5.41, 5.74) is 0.974. The summed E-state index contributed by atoms with van der Waals surface area (Å²) in [7, 11) is 0. The van der Waals surface area contributed by atoms with Crippen LogP contribution in [0.4, 0.5) is 30.6 Å². The van der Waals surface area contributed by atoms with Crippen molar-refractivity contribution in [2.45, 2.75) is 57.7 Å². The van der Waals surface area contributed by atoms with Crippen LogP contribution in [-0.4, -0.2) is 56.8 Å². The van der Waals surface area contributed by atoms with E-state index in [2.05, 4.69) is 35.2 Å². The molecule has 3 N–H and O–H groups in total. The lowest BCUT2D eigenvalue weighted by Gasteiger charge is -2.40. The molecule has 5 rings (SSSR count). The molecule has 2 aliphatic rings. The Balaban J connectivity index is 1.36. The van der Waals surface area contributed by atoms with Gasteiger partial charge in [-0.15, -0.1) is 13.2 Å². The van der Waals surface area contributed by atoms with Crippen molar-refractivity contribution in [2.75, 3.05) is 23.3 Å². The molecule has 0 amide bonds. The van der Waals surface area contributed by atoms with E-state index in [4.69, 9.17) is 4.98 Å². The first-order chi connectivity index (χ1) is 18.2. The van der Waals surface area contributed by atoms with Gasteiger partial charge >= 0.3 is 6.36 Å². The highest BCUT2D eigenvalue weighted by Gasteiger charge is 2.41. The number of ether oxygens (including phenoxy) is 1. The molecular weight excluding hydrogens is 499 g/mol. The molecule has 0 aromatic carbocycles. The number of aliphatic hydroxyl groups is 1. The lowest BCUT2D eigenvalue weighted by molar-refractivity contribution is -0.274. The number of piperidine rings is 1. The molecule has 0 radical (unpaired) electrons. The van der Waals surface area contributed by atoms with Crippen molar-refractivity contribution in [3.05, 3.63) is 48.9 Å². The van der Waals surface area contributed by atoms with Crippen molar-refractivity contribution < 1.29 is 23.0 Å². The quantitative estimate of drug-likeness (QED) is 0.377. The summed E-state index contributed by atoms with van der Waals surface area (Å²) < 4.78 is 42.0. The van der Waals surface area contributed by atoms with E-state index in [1.54, 1.807) is 31.5 Å². The number of hydrogen-bond acceptors (Lipinski definition) is 9. The Morgan fingerprint density at radius 2 is 1.92 bits per heavy atom. The highest BCUT2D eigenvalue weighted by Crippen LogP contribution is 2.47. The number of pyridine rings is 2. The minimum absolute atomic E-state index is 0.161. The molecule has 3 aromatic heterocycles. The molecule has 38 heavy (non-hydrogen) atoms. The standard InChI is InChI=1S/C26H30F3N7O2/c1-17(37)32-19-4-6-25(15-19)7-11-36(12-8-25)23-14-22(34-24(35-23)18-3-2-9-30-16-18)33-21-13-20(5-10-31-21)38-26(27,28)29/h2-3,5,9-10,13-14,16-17,19,32,37H,4,6-8,11-12,15H2,1H3,(H,31,33,34,35). The van der Waals surface area contributed by atoms with Gasteiger partial charge in [0.2, 0.25) is 0 Å². The highest BCUT2D eigenvalue weighted by atomic mass is 19.4. The summed E-state index contributed by atoms with van der Waals surface area (Å²) >= 11 is 0. The first-order valence-corrected chi connectivity index (χ1v) is 12.6. The van der Waals surface area contributed by atoms with E-state index in [9.17, 15) is 18.3 Å². The normalized spacial score (nSPS) is 19.9. The third-order valence-corrected chi connectivity index (χ3v) is 7.18. The van der Waals surface area contributed by atoms with E-state index < -0.39 is 12.6 Å². The Bertz CT molecular complexity index is 1240. The molecule has 12 heteroatoms. The van der Waals surface area contributed by atoms with Gasteiger partial charge in [0.05, 0.1) is 0 Å². The average molecular weight is 530 g/mol. The van der Waals surface area contributed by atoms with Crippen LogP contribution >= 0.6 is 0 Å². The number of anilines is 3. The second kappa shape index (κ2) is 10.7. The van der Waals surface area contributed by atoms with E-state index in [-0.39, 0.29) is 17.0 Å². The number of aromatic nitrogens is 4. The van der Waals surface area contributed by atoms with E-state index in [0.29, 0.717) is 17.7 Å².